The van der Waals surface area contributed by atoms with Crippen LogP contribution in [0.3, 0.4) is 0 Å². The second kappa shape index (κ2) is 5.74. The molecule has 1 saturated heterocycles. The van der Waals surface area contributed by atoms with Gasteiger partial charge < -0.3 is 9.47 Å². The Morgan fingerprint density at radius 2 is 1.88 bits per heavy atom. The van der Waals surface area contributed by atoms with Gasteiger partial charge in [0.05, 0.1) is 17.9 Å². The molecule has 0 aromatic heterocycles. The predicted octanol–water partition coefficient (Wildman–Crippen LogP) is 3.83. The fourth-order valence-corrected chi connectivity index (χ4v) is 5.28. The van der Waals surface area contributed by atoms with Crippen LogP contribution in [-0.4, -0.2) is 24.6 Å². The largest absolute Gasteiger partial charge is 0.465 e. The Labute approximate surface area is 145 Å². The SMILES string of the molecule is CC(C)C(C)(CC(C)(C)C)C(=O)OC1C2CC3C(=O)OCC1C3C2. The van der Waals surface area contributed by atoms with Gasteiger partial charge in [0.2, 0.25) is 0 Å². The zero-order chi connectivity index (χ0) is 17.9. The molecule has 0 N–H and O–H groups in total. The van der Waals surface area contributed by atoms with Gasteiger partial charge in [0.1, 0.15) is 6.10 Å². The Morgan fingerprint density at radius 1 is 1.21 bits per heavy atom. The third kappa shape index (κ3) is 2.86. The van der Waals surface area contributed by atoms with Gasteiger partial charge >= 0.3 is 11.9 Å². The molecule has 24 heavy (non-hydrogen) atoms. The molecular formula is C20H32O4. The highest BCUT2D eigenvalue weighted by molar-refractivity contribution is 5.77. The van der Waals surface area contributed by atoms with E-state index in [-0.39, 0.29) is 41.2 Å². The van der Waals surface area contributed by atoms with Crippen molar-refractivity contribution in [2.45, 2.75) is 66.9 Å². The van der Waals surface area contributed by atoms with Crippen molar-refractivity contribution in [3.63, 3.8) is 0 Å². The third-order valence-electron chi connectivity index (χ3n) is 6.69. The predicted molar refractivity (Wildman–Crippen MR) is 91.1 cm³/mol. The highest BCUT2D eigenvalue weighted by atomic mass is 16.6. The van der Waals surface area contributed by atoms with Crippen LogP contribution in [0.2, 0.25) is 0 Å². The van der Waals surface area contributed by atoms with Crippen LogP contribution in [0.4, 0.5) is 0 Å². The van der Waals surface area contributed by atoms with E-state index in [1.807, 2.05) is 6.92 Å². The lowest BCUT2D eigenvalue weighted by Crippen LogP contribution is -2.48. The van der Waals surface area contributed by atoms with Gasteiger partial charge in [0, 0.05) is 5.92 Å². The number of carbonyl (C=O) groups excluding carboxylic acids is 2. The smallest absolute Gasteiger partial charge is 0.312 e. The van der Waals surface area contributed by atoms with E-state index < -0.39 is 5.41 Å². The van der Waals surface area contributed by atoms with Crippen LogP contribution >= 0.6 is 0 Å². The van der Waals surface area contributed by atoms with Crippen molar-refractivity contribution < 1.29 is 19.1 Å². The molecule has 3 aliphatic rings. The molecule has 2 bridgehead atoms. The van der Waals surface area contributed by atoms with E-state index in [2.05, 4.69) is 34.6 Å². The van der Waals surface area contributed by atoms with Gasteiger partial charge in [-0.25, -0.2) is 0 Å². The minimum Gasteiger partial charge on any atom is -0.465 e. The van der Waals surface area contributed by atoms with E-state index in [1.165, 1.54) is 0 Å². The van der Waals surface area contributed by atoms with Crippen LogP contribution in [-0.2, 0) is 19.1 Å². The van der Waals surface area contributed by atoms with Crippen molar-refractivity contribution in [3.8, 4) is 0 Å². The second-order valence-corrected chi connectivity index (χ2v) is 9.98. The lowest BCUT2D eigenvalue weighted by molar-refractivity contribution is -0.182. The topological polar surface area (TPSA) is 52.6 Å². The summed E-state index contributed by atoms with van der Waals surface area (Å²) >= 11 is 0. The van der Waals surface area contributed by atoms with Gasteiger partial charge in [-0.05, 0) is 49.4 Å². The Balaban J connectivity index is 1.74. The quantitative estimate of drug-likeness (QED) is 0.732. The molecule has 0 aromatic carbocycles. The van der Waals surface area contributed by atoms with E-state index >= 15 is 0 Å². The van der Waals surface area contributed by atoms with E-state index in [0.717, 1.165) is 19.3 Å². The van der Waals surface area contributed by atoms with Crippen molar-refractivity contribution in [1.29, 1.82) is 0 Å². The van der Waals surface area contributed by atoms with Crippen molar-refractivity contribution >= 4 is 11.9 Å². The number of hydrogen-bond acceptors (Lipinski definition) is 4. The Morgan fingerprint density at radius 3 is 2.46 bits per heavy atom. The van der Waals surface area contributed by atoms with Gasteiger partial charge in [-0.3, -0.25) is 9.59 Å². The maximum atomic E-state index is 13.1. The molecule has 3 fully saturated rings. The van der Waals surface area contributed by atoms with Crippen molar-refractivity contribution in [1.82, 2.24) is 0 Å². The van der Waals surface area contributed by atoms with Crippen molar-refractivity contribution in [3.05, 3.63) is 0 Å². The normalized spacial score (nSPS) is 37.3. The molecule has 2 aliphatic carbocycles. The molecule has 4 nitrogen and oxygen atoms in total. The summed E-state index contributed by atoms with van der Waals surface area (Å²) in [4.78, 5) is 25.0. The van der Waals surface area contributed by atoms with Crippen LogP contribution < -0.4 is 0 Å². The molecule has 0 radical (unpaired) electrons. The summed E-state index contributed by atoms with van der Waals surface area (Å²) in [6.07, 6.45) is 2.58. The minimum atomic E-state index is -0.481. The van der Waals surface area contributed by atoms with Crippen LogP contribution in [0.5, 0.6) is 0 Å². The maximum Gasteiger partial charge on any atom is 0.312 e. The number of fused-ring (bicyclic) bond motifs is 1. The van der Waals surface area contributed by atoms with Gasteiger partial charge in [-0.1, -0.05) is 34.6 Å². The molecule has 0 aromatic rings. The van der Waals surface area contributed by atoms with Crippen LogP contribution in [0, 0.1) is 40.4 Å². The molecule has 3 rings (SSSR count). The lowest BCUT2D eigenvalue weighted by atomic mass is 9.68. The minimum absolute atomic E-state index is 0.0386. The zero-order valence-electron chi connectivity index (χ0n) is 15.9. The molecular weight excluding hydrogens is 304 g/mol. The van der Waals surface area contributed by atoms with Gasteiger partial charge in [-0.15, -0.1) is 0 Å². The summed E-state index contributed by atoms with van der Waals surface area (Å²) in [6.45, 7) is 13.2. The van der Waals surface area contributed by atoms with Crippen LogP contribution in [0.15, 0.2) is 0 Å². The fraction of sp³-hybridized carbons (Fsp3) is 0.900. The summed E-state index contributed by atoms with van der Waals surface area (Å²) in [5, 5.41) is 0. The number of ether oxygens (including phenoxy) is 2. The first kappa shape index (κ1) is 17.8. The Hall–Kier alpha value is -1.06. The summed E-state index contributed by atoms with van der Waals surface area (Å²) in [5.41, 5.74) is -0.414. The molecule has 4 heteroatoms. The molecule has 0 amide bonds. The van der Waals surface area contributed by atoms with E-state index in [0.29, 0.717) is 18.4 Å². The Kier molecular flexibility index (Phi) is 4.25. The second-order valence-electron chi connectivity index (χ2n) is 9.98. The molecule has 2 saturated carbocycles. The maximum absolute atomic E-state index is 13.1. The van der Waals surface area contributed by atoms with Crippen molar-refractivity contribution in [2.24, 2.45) is 40.4 Å². The summed E-state index contributed by atoms with van der Waals surface area (Å²) in [5.74, 6) is 1.08. The number of rotatable bonds is 4. The molecule has 6 unspecified atom stereocenters. The fourth-order valence-electron chi connectivity index (χ4n) is 5.28. The van der Waals surface area contributed by atoms with Gasteiger partial charge in [0.25, 0.3) is 0 Å². The first-order chi connectivity index (χ1) is 11.0. The monoisotopic (exact) mass is 336 g/mol. The number of hydrogen-bond donors (Lipinski definition) is 0. The average Bonchev–Trinajstić information content (AvgIpc) is 3.01. The van der Waals surface area contributed by atoms with Crippen molar-refractivity contribution in [2.75, 3.05) is 6.61 Å². The number of cyclic esters (lactones) is 1. The summed E-state index contributed by atoms with van der Waals surface area (Å²) in [6, 6.07) is 0. The third-order valence-corrected chi connectivity index (χ3v) is 6.69. The number of carbonyl (C=O) groups is 2. The first-order valence-corrected chi connectivity index (χ1v) is 9.40. The summed E-state index contributed by atoms with van der Waals surface area (Å²) < 4.78 is 11.4. The standard InChI is InChI=1S/C20H32O4/c1-11(2)20(6,10-19(3,4)5)18(22)24-16-12-7-13-14(8-12)17(21)23-9-15(13)16/h11-16H,7-10H2,1-6H3. The van der Waals surface area contributed by atoms with Crippen LogP contribution in [0.25, 0.3) is 0 Å². The molecule has 0 spiro atoms. The zero-order valence-corrected chi connectivity index (χ0v) is 15.9. The van der Waals surface area contributed by atoms with E-state index in [4.69, 9.17) is 9.47 Å². The average molecular weight is 336 g/mol. The number of esters is 2. The molecule has 1 aliphatic heterocycles. The molecule has 1 heterocycles. The van der Waals surface area contributed by atoms with E-state index in [1.54, 1.807) is 0 Å². The summed E-state index contributed by atoms with van der Waals surface area (Å²) in [7, 11) is 0. The molecule has 6 atom stereocenters. The Bertz CT molecular complexity index is 532. The van der Waals surface area contributed by atoms with Gasteiger partial charge in [-0.2, -0.15) is 0 Å². The lowest BCUT2D eigenvalue weighted by Gasteiger charge is -2.41. The highest BCUT2D eigenvalue weighted by Crippen LogP contribution is 2.56. The van der Waals surface area contributed by atoms with Gasteiger partial charge in [0.15, 0.2) is 0 Å². The van der Waals surface area contributed by atoms with Crippen LogP contribution in [0.1, 0.15) is 60.8 Å². The first-order valence-electron chi connectivity index (χ1n) is 9.40. The van der Waals surface area contributed by atoms with E-state index in [9.17, 15) is 9.59 Å². The highest BCUT2D eigenvalue weighted by Gasteiger charge is 2.60. The molecule has 136 valence electrons.